The van der Waals surface area contributed by atoms with Crippen molar-refractivity contribution in [2.75, 3.05) is 0 Å². The van der Waals surface area contributed by atoms with Crippen LogP contribution in [0, 0.1) is 24.0 Å². The molecule has 8 heteroatoms. The van der Waals surface area contributed by atoms with Crippen molar-refractivity contribution in [2.45, 2.75) is 20.5 Å². The number of esters is 1. The van der Waals surface area contributed by atoms with Crippen LogP contribution in [0.4, 0.5) is 5.69 Å². The highest BCUT2D eigenvalue weighted by Crippen LogP contribution is 2.26. The molecule has 0 bridgehead atoms. The molecule has 0 aliphatic carbocycles. The van der Waals surface area contributed by atoms with E-state index in [4.69, 9.17) is 20.8 Å². The minimum Gasteiger partial charge on any atom is -0.457 e. The number of hydrogen-bond acceptors (Lipinski definition) is 6. The first-order valence-electron chi connectivity index (χ1n) is 7.92. The van der Waals surface area contributed by atoms with Gasteiger partial charge < -0.3 is 9.15 Å². The number of halogens is 1. The molecule has 3 aromatic rings. The lowest BCUT2D eigenvalue weighted by atomic mass is 10.0. The summed E-state index contributed by atoms with van der Waals surface area (Å²) in [5.74, 6) is -0.764. The zero-order valence-electron chi connectivity index (χ0n) is 14.4. The molecule has 7 nitrogen and oxygen atoms in total. The van der Waals surface area contributed by atoms with E-state index >= 15 is 0 Å². The van der Waals surface area contributed by atoms with E-state index in [1.807, 2.05) is 19.9 Å². The summed E-state index contributed by atoms with van der Waals surface area (Å²) in [6.07, 6.45) is 0. The van der Waals surface area contributed by atoms with E-state index in [1.54, 1.807) is 6.07 Å². The van der Waals surface area contributed by atoms with E-state index in [9.17, 15) is 19.7 Å². The van der Waals surface area contributed by atoms with Crippen LogP contribution in [0.5, 0.6) is 0 Å². The molecule has 0 amide bonds. The Bertz CT molecular complexity index is 1130. The number of nitro groups is 1. The summed E-state index contributed by atoms with van der Waals surface area (Å²) in [6, 6.07) is 8.57. The molecule has 0 unspecified atom stereocenters. The van der Waals surface area contributed by atoms with E-state index in [-0.39, 0.29) is 22.9 Å². The second-order valence-electron chi connectivity index (χ2n) is 5.97. The Morgan fingerprint density at radius 1 is 1.22 bits per heavy atom. The zero-order valence-corrected chi connectivity index (χ0v) is 15.2. The van der Waals surface area contributed by atoms with E-state index in [0.29, 0.717) is 16.5 Å². The highest BCUT2D eigenvalue weighted by molar-refractivity contribution is 6.32. The molecule has 1 heterocycles. The van der Waals surface area contributed by atoms with Crippen LogP contribution < -0.4 is 5.63 Å². The molecule has 0 aliphatic heterocycles. The summed E-state index contributed by atoms with van der Waals surface area (Å²) in [6.45, 7) is 3.55. The predicted octanol–water partition coefficient (Wildman–Crippen LogP) is 4.33. The quantitative estimate of drug-likeness (QED) is 0.286. The van der Waals surface area contributed by atoms with Crippen molar-refractivity contribution < 1.29 is 18.9 Å². The van der Waals surface area contributed by atoms with Gasteiger partial charge in [-0.2, -0.15) is 0 Å². The Balaban J connectivity index is 1.90. The molecule has 0 saturated carbocycles. The fourth-order valence-corrected chi connectivity index (χ4v) is 2.84. The van der Waals surface area contributed by atoms with Crippen molar-refractivity contribution in [3.05, 3.63) is 84.2 Å². The first kappa shape index (κ1) is 18.6. The smallest absolute Gasteiger partial charge is 0.338 e. The molecule has 0 saturated heterocycles. The zero-order chi connectivity index (χ0) is 19.7. The number of carbonyl (C=O) groups excluding carboxylic acids is 1. The maximum Gasteiger partial charge on any atom is 0.338 e. The van der Waals surface area contributed by atoms with Gasteiger partial charge in [-0.05, 0) is 37.1 Å². The van der Waals surface area contributed by atoms with Gasteiger partial charge in [0.05, 0.1) is 10.5 Å². The highest BCUT2D eigenvalue weighted by atomic mass is 35.5. The Kier molecular flexibility index (Phi) is 4.96. The molecular weight excluding hydrogens is 374 g/mol. The Morgan fingerprint density at radius 3 is 2.67 bits per heavy atom. The SMILES string of the molecule is Cc1ccc2c(COC(=O)c3ccc(Cl)c([N+](=O)[O-])c3)cc(=O)oc2c1C. The molecule has 0 spiro atoms. The van der Waals surface area contributed by atoms with Crippen LogP contribution in [0.3, 0.4) is 0 Å². The first-order chi connectivity index (χ1) is 12.8. The lowest BCUT2D eigenvalue weighted by Gasteiger charge is -2.10. The minimum atomic E-state index is -0.764. The highest BCUT2D eigenvalue weighted by Gasteiger charge is 2.18. The number of nitro benzene ring substituents is 1. The van der Waals surface area contributed by atoms with Crippen LogP contribution >= 0.6 is 11.6 Å². The van der Waals surface area contributed by atoms with Crippen LogP contribution in [0.25, 0.3) is 11.0 Å². The molecule has 0 aliphatic rings. The maximum atomic E-state index is 12.3. The summed E-state index contributed by atoms with van der Waals surface area (Å²) in [7, 11) is 0. The van der Waals surface area contributed by atoms with Crippen LogP contribution in [0.1, 0.15) is 27.0 Å². The average Bonchev–Trinajstić information content (AvgIpc) is 2.63. The third-order valence-corrected chi connectivity index (χ3v) is 4.57. The third kappa shape index (κ3) is 3.68. The van der Waals surface area contributed by atoms with Crippen LogP contribution in [-0.2, 0) is 11.3 Å². The van der Waals surface area contributed by atoms with Crippen LogP contribution in [-0.4, -0.2) is 10.9 Å². The number of hydrogen-bond donors (Lipinski definition) is 0. The second-order valence-corrected chi connectivity index (χ2v) is 6.38. The topological polar surface area (TPSA) is 99.6 Å². The second kappa shape index (κ2) is 7.20. The normalized spacial score (nSPS) is 10.8. The van der Waals surface area contributed by atoms with E-state index in [1.165, 1.54) is 18.2 Å². The van der Waals surface area contributed by atoms with Gasteiger partial charge in [-0.1, -0.05) is 23.7 Å². The Morgan fingerprint density at radius 2 is 1.96 bits per heavy atom. The van der Waals surface area contributed by atoms with Gasteiger partial charge in [0.15, 0.2) is 0 Å². The van der Waals surface area contributed by atoms with Crippen molar-refractivity contribution >= 4 is 34.2 Å². The summed E-state index contributed by atoms with van der Waals surface area (Å²) in [5, 5.41) is 11.5. The number of benzene rings is 2. The number of fused-ring (bicyclic) bond motifs is 1. The molecule has 0 atom stereocenters. The number of rotatable bonds is 4. The lowest BCUT2D eigenvalue weighted by Crippen LogP contribution is -2.09. The number of ether oxygens (including phenoxy) is 1. The van der Waals surface area contributed by atoms with Gasteiger partial charge in [0.25, 0.3) is 5.69 Å². The molecule has 0 fully saturated rings. The predicted molar refractivity (Wildman–Crippen MR) is 99.2 cm³/mol. The molecule has 1 aromatic heterocycles. The number of nitrogens with zero attached hydrogens (tertiary/aromatic N) is 1. The number of carbonyl (C=O) groups is 1. The Hall–Kier alpha value is -3.19. The first-order valence-corrected chi connectivity index (χ1v) is 8.29. The lowest BCUT2D eigenvalue weighted by molar-refractivity contribution is -0.384. The maximum absolute atomic E-state index is 12.3. The fraction of sp³-hybridized carbons (Fsp3) is 0.158. The summed E-state index contributed by atoms with van der Waals surface area (Å²) in [5.41, 5.74) is 1.77. The van der Waals surface area contributed by atoms with Crippen molar-refractivity contribution in [2.24, 2.45) is 0 Å². The van der Waals surface area contributed by atoms with Gasteiger partial charge >= 0.3 is 11.6 Å². The summed E-state index contributed by atoms with van der Waals surface area (Å²) >= 11 is 5.74. The number of aryl methyl sites for hydroxylation is 2. The van der Waals surface area contributed by atoms with E-state index in [0.717, 1.165) is 17.2 Å². The van der Waals surface area contributed by atoms with E-state index in [2.05, 4.69) is 0 Å². The van der Waals surface area contributed by atoms with Crippen LogP contribution in [0.2, 0.25) is 5.02 Å². The molecular formula is C19H14ClNO6. The van der Waals surface area contributed by atoms with Crippen LogP contribution in [0.15, 0.2) is 45.6 Å². The van der Waals surface area contributed by atoms with Gasteiger partial charge in [0.1, 0.15) is 17.2 Å². The molecule has 3 rings (SSSR count). The molecule has 27 heavy (non-hydrogen) atoms. The van der Waals surface area contributed by atoms with E-state index < -0.39 is 16.5 Å². The van der Waals surface area contributed by atoms with Crippen molar-refractivity contribution in [3.8, 4) is 0 Å². The van der Waals surface area contributed by atoms with Crippen molar-refractivity contribution in [1.82, 2.24) is 0 Å². The average molecular weight is 388 g/mol. The summed E-state index contributed by atoms with van der Waals surface area (Å²) in [4.78, 5) is 34.4. The molecule has 138 valence electrons. The molecule has 2 aromatic carbocycles. The minimum absolute atomic E-state index is 0.00889. The Labute approximate surface area is 158 Å². The largest absolute Gasteiger partial charge is 0.457 e. The van der Waals surface area contributed by atoms with Gasteiger partial charge in [-0.25, -0.2) is 9.59 Å². The van der Waals surface area contributed by atoms with Crippen molar-refractivity contribution in [3.63, 3.8) is 0 Å². The van der Waals surface area contributed by atoms with Gasteiger partial charge in [-0.3, -0.25) is 10.1 Å². The van der Waals surface area contributed by atoms with Gasteiger partial charge in [0, 0.05) is 23.1 Å². The monoisotopic (exact) mass is 387 g/mol. The molecule has 0 N–H and O–H groups in total. The summed E-state index contributed by atoms with van der Waals surface area (Å²) < 4.78 is 10.5. The molecule has 0 radical (unpaired) electrons. The van der Waals surface area contributed by atoms with Gasteiger partial charge in [0.2, 0.25) is 0 Å². The van der Waals surface area contributed by atoms with Crippen molar-refractivity contribution in [1.29, 1.82) is 0 Å². The standard InChI is InChI=1S/C19H14ClNO6/c1-10-3-5-14-13(8-17(22)27-18(14)11(10)2)9-26-19(23)12-4-6-15(20)16(7-12)21(24)25/h3-8H,9H2,1-2H3. The third-order valence-electron chi connectivity index (χ3n) is 4.25. The van der Waals surface area contributed by atoms with Gasteiger partial charge in [-0.15, -0.1) is 0 Å². The fourth-order valence-electron chi connectivity index (χ4n) is 2.65.